The Labute approximate surface area is 61.8 Å². The van der Waals surface area contributed by atoms with Gasteiger partial charge in [0.2, 0.25) is 0 Å². The summed E-state index contributed by atoms with van der Waals surface area (Å²) in [5.41, 5.74) is 0. The van der Waals surface area contributed by atoms with Gasteiger partial charge in [-0.1, -0.05) is 12.8 Å². The third-order valence-electron chi connectivity index (χ3n) is 2.83. The Morgan fingerprint density at radius 3 is 3.00 bits per heavy atom. The molecule has 0 bridgehead atoms. The van der Waals surface area contributed by atoms with Crippen LogP contribution in [0.5, 0.6) is 0 Å². The fourth-order valence-electron chi connectivity index (χ4n) is 2.03. The molecule has 1 nitrogen and oxygen atoms in total. The van der Waals surface area contributed by atoms with E-state index in [0.29, 0.717) is 11.7 Å². The largest absolute Gasteiger partial charge is 0.299 e. The van der Waals surface area contributed by atoms with E-state index in [1.165, 1.54) is 25.7 Å². The van der Waals surface area contributed by atoms with E-state index in [1.807, 2.05) is 0 Å². The van der Waals surface area contributed by atoms with Crippen molar-refractivity contribution >= 4 is 5.78 Å². The van der Waals surface area contributed by atoms with Crippen molar-refractivity contribution in [2.75, 3.05) is 0 Å². The van der Waals surface area contributed by atoms with Gasteiger partial charge in [0, 0.05) is 12.3 Å². The van der Waals surface area contributed by atoms with Gasteiger partial charge in [0.15, 0.2) is 0 Å². The second-order valence-electron chi connectivity index (χ2n) is 3.67. The number of hydrogen-bond donors (Lipinski definition) is 0. The van der Waals surface area contributed by atoms with E-state index in [-0.39, 0.29) is 0 Å². The van der Waals surface area contributed by atoms with Gasteiger partial charge < -0.3 is 0 Å². The first kappa shape index (κ1) is 6.38. The normalized spacial score (nSPS) is 39.8. The maximum absolute atomic E-state index is 11.2. The van der Waals surface area contributed by atoms with E-state index in [9.17, 15) is 4.79 Å². The van der Waals surface area contributed by atoms with Crippen molar-refractivity contribution in [3.05, 3.63) is 0 Å². The van der Waals surface area contributed by atoms with Crippen molar-refractivity contribution in [2.24, 2.45) is 11.8 Å². The zero-order valence-electron chi connectivity index (χ0n) is 6.31. The van der Waals surface area contributed by atoms with Gasteiger partial charge in [0.05, 0.1) is 0 Å². The van der Waals surface area contributed by atoms with Gasteiger partial charge in [-0.2, -0.15) is 0 Å². The Hall–Kier alpha value is -0.330. The van der Waals surface area contributed by atoms with Crippen LogP contribution in [0, 0.1) is 11.8 Å². The smallest absolute Gasteiger partial charge is 0.136 e. The van der Waals surface area contributed by atoms with Crippen LogP contribution in [0.1, 0.15) is 38.5 Å². The lowest BCUT2D eigenvalue weighted by Crippen LogP contribution is -2.04. The lowest BCUT2D eigenvalue weighted by Gasteiger charge is -2.04. The molecule has 0 aromatic rings. The first-order valence-electron chi connectivity index (χ1n) is 4.40. The summed E-state index contributed by atoms with van der Waals surface area (Å²) in [5, 5.41) is 0. The van der Waals surface area contributed by atoms with Crippen LogP contribution in [0.15, 0.2) is 0 Å². The molecule has 0 aromatic heterocycles. The van der Waals surface area contributed by atoms with Gasteiger partial charge in [-0.15, -0.1) is 0 Å². The second-order valence-corrected chi connectivity index (χ2v) is 3.67. The fraction of sp³-hybridized carbons (Fsp3) is 0.889. The molecule has 2 aliphatic carbocycles. The molecule has 0 heterocycles. The van der Waals surface area contributed by atoms with E-state index >= 15 is 0 Å². The number of carbonyl (C=O) groups is 1. The summed E-state index contributed by atoms with van der Waals surface area (Å²) < 4.78 is 0. The van der Waals surface area contributed by atoms with Crippen LogP contribution in [0.25, 0.3) is 0 Å². The maximum Gasteiger partial charge on any atom is 0.136 e. The van der Waals surface area contributed by atoms with Crippen LogP contribution in [0.3, 0.4) is 0 Å². The van der Waals surface area contributed by atoms with Gasteiger partial charge in [-0.05, 0) is 25.2 Å². The van der Waals surface area contributed by atoms with Crippen molar-refractivity contribution in [3.8, 4) is 0 Å². The fourth-order valence-corrected chi connectivity index (χ4v) is 2.03. The first-order chi connectivity index (χ1) is 4.88. The molecule has 0 aromatic carbocycles. The van der Waals surface area contributed by atoms with Gasteiger partial charge >= 0.3 is 0 Å². The maximum atomic E-state index is 11.2. The van der Waals surface area contributed by atoms with Crippen LogP contribution in [-0.4, -0.2) is 5.78 Å². The molecule has 2 rings (SSSR count). The molecule has 0 spiro atoms. The predicted octanol–water partition coefficient (Wildman–Crippen LogP) is 2.16. The molecular formula is C9H14O. The molecule has 2 fully saturated rings. The minimum Gasteiger partial charge on any atom is -0.299 e. The van der Waals surface area contributed by atoms with E-state index in [0.717, 1.165) is 18.8 Å². The van der Waals surface area contributed by atoms with Gasteiger partial charge in [0.25, 0.3) is 0 Å². The van der Waals surface area contributed by atoms with Crippen LogP contribution in [0.4, 0.5) is 0 Å². The van der Waals surface area contributed by atoms with Gasteiger partial charge in [-0.3, -0.25) is 4.79 Å². The second kappa shape index (κ2) is 2.37. The predicted molar refractivity (Wildman–Crippen MR) is 39.7 cm³/mol. The number of fused-ring (bicyclic) bond motifs is 1. The standard InChI is InChI=1S/C9H14O/c10-9-5-3-1-2-4-7-6-8(7)9/h7-8H,1-6H2/t7-,8-/m1/s1. The Morgan fingerprint density at radius 2 is 2.10 bits per heavy atom. The number of hydrogen-bond acceptors (Lipinski definition) is 1. The van der Waals surface area contributed by atoms with E-state index in [2.05, 4.69) is 0 Å². The molecule has 10 heavy (non-hydrogen) atoms. The molecule has 0 radical (unpaired) electrons. The van der Waals surface area contributed by atoms with E-state index in [1.54, 1.807) is 0 Å². The molecule has 1 heteroatoms. The van der Waals surface area contributed by atoms with Gasteiger partial charge in [-0.25, -0.2) is 0 Å². The third kappa shape index (κ3) is 1.09. The van der Waals surface area contributed by atoms with Crippen LogP contribution in [0.2, 0.25) is 0 Å². The zero-order valence-corrected chi connectivity index (χ0v) is 6.31. The molecule has 0 N–H and O–H groups in total. The SMILES string of the molecule is O=C1CCCCC[C@@H]2C[C@@H]12. The highest BCUT2D eigenvalue weighted by Crippen LogP contribution is 2.45. The summed E-state index contributed by atoms with van der Waals surface area (Å²) >= 11 is 0. The summed E-state index contributed by atoms with van der Waals surface area (Å²) in [6.07, 6.45) is 7.24. The Morgan fingerprint density at radius 1 is 1.20 bits per heavy atom. The number of carbonyl (C=O) groups excluding carboxylic acids is 1. The molecule has 56 valence electrons. The molecule has 0 aliphatic heterocycles. The van der Waals surface area contributed by atoms with Crippen LogP contribution >= 0.6 is 0 Å². The van der Waals surface area contributed by atoms with Crippen LogP contribution in [-0.2, 0) is 4.79 Å². The van der Waals surface area contributed by atoms with Crippen molar-refractivity contribution in [2.45, 2.75) is 38.5 Å². The molecule has 0 amide bonds. The Kier molecular flexibility index (Phi) is 1.51. The molecule has 0 saturated heterocycles. The quantitative estimate of drug-likeness (QED) is 0.501. The third-order valence-corrected chi connectivity index (χ3v) is 2.83. The highest BCUT2D eigenvalue weighted by atomic mass is 16.1. The van der Waals surface area contributed by atoms with E-state index in [4.69, 9.17) is 0 Å². The van der Waals surface area contributed by atoms with Crippen molar-refractivity contribution in [1.82, 2.24) is 0 Å². The Balaban J connectivity index is 1.94. The van der Waals surface area contributed by atoms with Gasteiger partial charge in [0.1, 0.15) is 5.78 Å². The van der Waals surface area contributed by atoms with Crippen molar-refractivity contribution < 1.29 is 4.79 Å². The van der Waals surface area contributed by atoms with Crippen molar-refractivity contribution in [1.29, 1.82) is 0 Å². The Bertz CT molecular complexity index is 151. The topological polar surface area (TPSA) is 17.1 Å². The lowest BCUT2D eigenvalue weighted by atomic mass is 10.0. The average molecular weight is 138 g/mol. The zero-order chi connectivity index (χ0) is 6.97. The summed E-state index contributed by atoms with van der Waals surface area (Å²) in [6, 6.07) is 0. The molecular weight excluding hydrogens is 124 g/mol. The number of rotatable bonds is 0. The summed E-state index contributed by atoms with van der Waals surface area (Å²) in [4.78, 5) is 11.2. The average Bonchev–Trinajstić information content (AvgIpc) is 2.62. The number of Topliss-reactive ketones (excluding diaryl/α,β-unsaturated/α-hetero) is 1. The summed E-state index contributed by atoms with van der Waals surface area (Å²) in [7, 11) is 0. The highest BCUT2D eigenvalue weighted by Gasteiger charge is 2.41. The minimum atomic E-state index is 0.514. The minimum absolute atomic E-state index is 0.514. The molecule has 0 unspecified atom stereocenters. The number of ketones is 1. The van der Waals surface area contributed by atoms with Crippen molar-refractivity contribution in [3.63, 3.8) is 0 Å². The molecule has 2 aliphatic rings. The van der Waals surface area contributed by atoms with E-state index < -0.39 is 0 Å². The van der Waals surface area contributed by atoms with Crippen LogP contribution < -0.4 is 0 Å². The molecule has 2 atom stereocenters. The monoisotopic (exact) mass is 138 g/mol. The lowest BCUT2D eigenvalue weighted by molar-refractivity contribution is -0.120. The first-order valence-corrected chi connectivity index (χ1v) is 4.40. The molecule has 2 saturated carbocycles. The highest BCUT2D eigenvalue weighted by molar-refractivity contribution is 5.83. The summed E-state index contributed by atoms with van der Waals surface area (Å²) in [5.74, 6) is 1.89. The summed E-state index contributed by atoms with van der Waals surface area (Å²) in [6.45, 7) is 0.